The molecule has 3 heteroatoms. The number of hydrogen-bond donors (Lipinski definition) is 2. The van der Waals surface area contributed by atoms with E-state index in [0.717, 1.165) is 25.1 Å². The Kier molecular flexibility index (Phi) is 1.74. The molecule has 3 nitrogen and oxygen atoms in total. The molecule has 2 unspecified atom stereocenters. The minimum Gasteiger partial charge on any atom is -0.329 e. The molecule has 1 saturated heterocycles. The van der Waals surface area contributed by atoms with Crippen molar-refractivity contribution in [2.24, 2.45) is 5.92 Å². The van der Waals surface area contributed by atoms with Crippen molar-refractivity contribution in [1.29, 1.82) is 0 Å². The van der Waals surface area contributed by atoms with Crippen LogP contribution >= 0.6 is 0 Å². The van der Waals surface area contributed by atoms with Crippen LogP contribution in [0.4, 0.5) is 0 Å². The predicted molar refractivity (Wildman–Crippen MR) is 54.5 cm³/mol. The second-order valence-corrected chi connectivity index (χ2v) is 4.40. The van der Waals surface area contributed by atoms with E-state index in [-0.39, 0.29) is 5.56 Å². The summed E-state index contributed by atoms with van der Waals surface area (Å²) in [5.74, 6) is 1.24. The number of rotatable bonds is 0. The van der Waals surface area contributed by atoms with Crippen LogP contribution in [0.15, 0.2) is 17.1 Å². The lowest BCUT2D eigenvalue weighted by molar-refractivity contribution is 0.316. The van der Waals surface area contributed by atoms with E-state index in [1.165, 1.54) is 12.0 Å². The number of aromatic nitrogens is 1. The molecule has 1 aliphatic carbocycles. The Morgan fingerprint density at radius 2 is 2.29 bits per heavy atom. The molecule has 1 aromatic heterocycles. The van der Waals surface area contributed by atoms with Gasteiger partial charge in [-0.15, -0.1) is 0 Å². The van der Waals surface area contributed by atoms with E-state index in [1.807, 2.05) is 0 Å². The second kappa shape index (κ2) is 2.95. The molecule has 1 aromatic rings. The quantitative estimate of drug-likeness (QED) is 0.630. The molecule has 0 amide bonds. The topological polar surface area (TPSA) is 44.9 Å². The van der Waals surface area contributed by atoms with E-state index in [9.17, 15) is 4.79 Å². The number of pyridine rings is 1. The van der Waals surface area contributed by atoms with Crippen LogP contribution in [0.3, 0.4) is 0 Å². The normalized spacial score (nSPS) is 29.7. The summed E-state index contributed by atoms with van der Waals surface area (Å²) < 4.78 is 0. The number of hydrogen-bond acceptors (Lipinski definition) is 2. The zero-order valence-electron chi connectivity index (χ0n) is 8.05. The first-order chi connectivity index (χ1) is 6.84. The van der Waals surface area contributed by atoms with Gasteiger partial charge in [-0.05, 0) is 42.9 Å². The molecule has 0 spiro atoms. The van der Waals surface area contributed by atoms with Crippen molar-refractivity contribution in [3.05, 3.63) is 33.7 Å². The molecule has 14 heavy (non-hydrogen) atoms. The first-order valence-electron chi connectivity index (χ1n) is 5.26. The minimum absolute atomic E-state index is 0.124. The number of nitrogens with one attached hydrogen (secondary N) is 2. The van der Waals surface area contributed by atoms with Crippen LogP contribution in [0.25, 0.3) is 0 Å². The summed E-state index contributed by atoms with van der Waals surface area (Å²) in [5.41, 5.74) is 2.44. The maximum atomic E-state index is 11.6. The molecule has 3 rings (SSSR count). The number of H-pyrrole nitrogens is 1. The largest absolute Gasteiger partial charge is 0.329 e. The molecule has 0 saturated carbocycles. The second-order valence-electron chi connectivity index (χ2n) is 4.40. The van der Waals surface area contributed by atoms with Gasteiger partial charge in [-0.25, -0.2) is 0 Å². The Labute approximate surface area is 82.5 Å². The third-order valence-electron chi connectivity index (χ3n) is 3.47. The Balaban J connectivity index is 2.15. The fourth-order valence-electron chi connectivity index (χ4n) is 2.83. The van der Waals surface area contributed by atoms with Crippen LogP contribution in [-0.4, -0.2) is 18.1 Å². The summed E-state index contributed by atoms with van der Waals surface area (Å²) in [6, 6.07) is 2.07. The van der Waals surface area contributed by atoms with Gasteiger partial charge in [-0.1, -0.05) is 0 Å². The summed E-state index contributed by atoms with van der Waals surface area (Å²) in [5, 5.41) is 3.43. The number of fused-ring (bicyclic) bond motifs is 4. The summed E-state index contributed by atoms with van der Waals surface area (Å²) in [7, 11) is 0. The van der Waals surface area contributed by atoms with Crippen molar-refractivity contribution < 1.29 is 0 Å². The van der Waals surface area contributed by atoms with Gasteiger partial charge in [0.05, 0.1) is 0 Å². The predicted octanol–water partition coefficient (Wildman–Crippen LogP) is 0.624. The fourth-order valence-corrected chi connectivity index (χ4v) is 2.83. The van der Waals surface area contributed by atoms with Gasteiger partial charge in [0, 0.05) is 18.3 Å². The van der Waals surface area contributed by atoms with E-state index in [4.69, 9.17) is 0 Å². The van der Waals surface area contributed by atoms with Crippen LogP contribution in [0.1, 0.15) is 23.5 Å². The average Bonchev–Trinajstić information content (AvgIpc) is 2.20. The number of aromatic amines is 1. The van der Waals surface area contributed by atoms with Gasteiger partial charge < -0.3 is 10.3 Å². The lowest BCUT2D eigenvalue weighted by atomic mass is 9.75. The van der Waals surface area contributed by atoms with Crippen molar-refractivity contribution in [2.45, 2.75) is 18.8 Å². The zero-order valence-corrected chi connectivity index (χ0v) is 8.05. The minimum atomic E-state index is 0.124. The maximum absolute atomic E-state index is 11.6. The SMILES string of the molecule is O=c1[nH]ccc2c1CC1CNCC2C1. The van der Waals surface area contributed by atoms with Crippen LogP contribution in [0.5, 0.6) is 0 Å². The van der Waals surface area contributed by atoms with Crippen molar-refractivity contribution in [3.8, 4) is 0 Å². The molecular weight excluding hydrogens is 176 g/mol. The third-order valence-corrected chi connectivity index (χ3v) is 3.47. The van der Waals surface area contributed by atoms with Crippen LogP contribution in [0.2, 0.25) is 0 Å². The van der Waals surface area contributed by atoms with Gasteiger partial charge >= 0.3 is 0 Å². The van der Waals surface area contributed by atoms with E-state index in [0.29, 0.717) is 11.8 Å². The van der Waals surface area contributed by atoms with Gasteiger partial charge in [0.2, 0.25) is 0 Å². The van der Waals surface area contributed by atoms with Gasteiger partial charge in [0.25, 0.3) is 5.56 Å². The van der Waals surface area contributed by atoms with Gasteiger partial charge in [-0.2, -0.15) is 0 Å². The van der Waals surface area contributed by atoms with Crippen molar-refractivity contribution in [1.82, 2.24) is 10.3 Å². The van der Waals surface area contributed by atoms with Gasteiger partial charge in [0.15, 0.2) is 0 Å². The monoisotopic (exact) mass is 190 g/mol. The van der Waals surface area contributed by atoms with Gasteiger partial charge in [0.1, 0.15) is 0 Å². The van der Waals surface area contributed by atoms with Crippen LogP contribution < -0.4 is 10.9 Å². The molecule has 2 N–H and O–H groups in total. The smallest absolute Gasteiger partial charge is 0.251 e. The Bertz CT molecular complexity index is 410. The summed E-state index contributed by atoms with van der Waals surface area (Å²) in [6.07, 6.45) is 3.98. The molecular formula is C11H14N2O. The molecule has 0 radical (unpaired) electrons. The molecule has 0 aromatic carbocycles. The van der Waals surface area contributed by atoms with E-state index >= 15 is 0 Å². The Hall–Kier alpha value is -1.09. The molecule has 2 atom stereocenters. The van der Waals surface area contributed by atoms with E-state index in [1.54, 1.807) is 6.20 Å². The lowest BCUT2D eigenvalue weighted by Crippen LogP contribution is -2.41. The molecule has 1 aliphatic heterocycles. The third kappa shape index (κ3) is 1.12. The Morgan fingerprint density at radius 3 is 3.21 bits per heavy atom. The Morgan fingerprint density at radius 1 is 1.36 bits per heavy atom. The highest BCUT2D eigenvalue weighted by Gasteiger charge is 2.31. The first-order valence-corrected chi connectivity index (χ1v) is 5.26. The highest BCUT2D eigenvalue weighted by molar-refractivity contribution is 5.31. The van der Waals surface area contributed by atoms with Crippen molar-refractivity contribution in [3.63, 3.8) is 0 Å². The summed E-state index contributed by atoms with van der Waals surface area (Å²) in [4.78, 5) is 14.4. The summed E-state index contributed by atoms with van der Waals surface area (Å²) in [6.45, 7) is 2.11. The average molecular weight is 190 g/mol. The molecule has 1 fully saturated rings. The lowest BCUT2D eigenvalue weighted by Gasteiger charge is -2.36. The van der Waals surface area contributed by atoms with Crippen molar-refractivity contribution in [2.75, 3.05) is 13.1 Å². The van der Waals surface area contributed by atoms with Gasteiger partial charge in [-0.3, -0.25) is 4.79 Å². The highest BCUT2D eigenvalue weighted by atomic mass is 16.1. The highest BCUT2D eigenvalue weighted by Crippen LogP contribution is 2.34. The molecule has 2 bridgehead atoms. The van der Waals surface area contributed by atoms with Crippen LogP contribution in [-0.2, 0) is 6.42 Å². The first kappa shape index (κ1) is 8.24. The fraction of sp³-hybridized carbons (Fsp3) is 0.545. The molecule has 74 valence electrons. The molecule has 2 heterocycles. The standard InChI is InChI=1S/C11H14N2O/c14-11-10-4-7-3-8(6-12-5-7)9(10)1-2-13-11/h1-2,7-8,12H,3-6H2,(H,13,14). The number of piperidine rings is 1. The summed E-state index contributed by atoms with van der Waals surface area (Å²) >= 11 is 0. The maximum Gasteiger partial charge on any atom is 0.251 e. The van der Waals surface area contributed by atoms with E-state index in [2.05, 4.69) is 16.4 Å². The van der Waals surface area contributed by atoms with Crippen LogP contribution in [0, 0.1) is 5.92 Å². The molecule has 2 aliphatic rings. The zero-order chi connectivity index (χ0) is 9.54. The van der Waals surface area contributed by atoms with Crippen molar-refractivity contribution >= 4 is 0 Å². The van der Waals surface area contributed by atoms with E-state index < -0.39 is 0 Å².